The fraction of sp³-hybridized carbons (Fsp3) is 0.438. The van der Waals surface area contributed by atoms with Crippen LogP contribution in [0.15, 0.2) is 30.5 Å². The lowest BCUT2D eigenvalue weighted by Crippen LogP contribution is -2.17. The third-order valence-electron chi connectivity index (χ3n) is 3.88. The van der Waals surface area contributed by atoms with Gasteiger partial charge in [0.25, 0.3) is 0 Å². The summed E-state index contributed by atoms with van der Waals surface area (Å²) in [7, 11) is 0. The van der Waals surface area contributed by atoms with Gasteiger partial charge < -0.3 is 10.6 Å². The van der Waals surface area contributed by atoms with E-state index in [1.54, 1.807) is 6.20 Å². The predicted molar refractivity (Wildman–Crippen MR) is 84.8 cm³/mol. The molecule has 2 aromatic rings. The first-order valence-electron chi connectivity index (χ1n) is 7.65. The fourth-order valence-electron chi connectivity index (χ4n) is 2.65. The number of benzene rings is 1. The second kappa shape index (κ2) is 6.52. The van der Waals surface area contributed by atoms with Crippen LogP contribution in [-0.2, 0) is 6.42 Å². The Balaban J connectivity index is 1.66. The predicted octanol–water partition coefficient (Wildman–Crippen LogP) is 3.53. The van der Waals surface area contributed by atoms with E-state index in [1.165, 1.54) is 31.2 Å². The summed E-state index contributed by atoms with van der Waals surface area (Å²) >= 11 is 0. The van der Waals surface area contributed by atoms with Crippen molar-refractivity contribution in [1.29, 1.82) is 0 Å². The van der Waals surface area contributed by atoms with Crippen molar-refractivity contribution in [2.75, 3.05) is 10.6 Å². The topological polar surface area (TPSA) is 62.7 Å². The zero-order chi connectivity index (χ0) is 14.5. The molecule has 0 amide bonds. The van der Waals surface area contributed by atoms with Crippen LogP contribution in [0.1, 0.15) is 38.2 Å². The van der Waals surface area contributed by atoms with Crippen LogP contribution in [0.5, 0.6) is 0 Å². The summed E-state index contributed by atoms with van der Waals surface area (Å²) in [6.45, 7) is 2.15. The second-order valence-electron chi connectivity index (χ2n) is 5.47. The molecule has 1 aromatic heterocycles. The number of nitrogens with zero attached hydrogens (tertiary/aromatic N) is 3. The average molecular weight is 283 g/mol. The van der Waals surface area contributed by atoms with Gasteiger partial charge in [-0.25, -0.2) is 0 Å². The highest BCUT2D eigenvalue weighted by Gasteiger charge is 2.15. The zero-order valence-electron chi connectivity index (χ0n) is 12.3. The Morgan fingerprint density at radius 2 is 1.90 bits per heavy atom. The van der Waals surface area contributed by atoms with Gasteiger partial charge >= 0.3 is 0 Å². The maximum atomic E-state index is 4.48. The first-order valence-corrected chi connectivity index (χ1v) is 7.65. The van der Waals surface area contributed by atoms with Gasteiger partial charge in [-0.1, -0.05) is 31.9 Å². The molecule has 0 atom stereocenters. The van der Waals surface area contributed by atoms with Crippen LogP contribution in [0.2, 0.25) is 0 Å². The number of aryl methyl sites for hydroxylation is 1. The van der Waals surface area contributed by atoms with Crippen LogP contribution in [0.25, 0.3) is 0 Å². The number of aromatic nitrogens is 3. The van der Waals surface area contributed by atoms with Gasteiger partial charge in [0, 0.05) is 11.7 Å². The minimum atomic E-state index is 0.492. The number of rotatable bonds is 5. The van der Waals surface area contributed by atoms with Crippen LogP contribution >= 0.6 is 0 Å². The monoisotopic (exact) mass is 283 g/mol. The molecule has 0 unspecified atom stereocenters. The van der Waals surface area contributed by atoms with Crippen molar-refractivity contribution >= 4 is 17.5 Å². The van der Waals surface area contributed by atoms with Gasteiger partial charge in [0.15, 0.2) is 5.82 Å². The Kier molecular flexibility index (Phi) is 4.28. The molecule has 1 aromatic carbocycles. The molecule has 0 spiro atoms. The summed E-state index contributed by atoms with van der Waals surface area (Å²) in [6, 6.07) is 8.85. The Bertz CT molecular complexity index is 575. The van der Waals surface area contributed by atoms with Crippen molar-refractivity contribution < 1.29 is 0 Å². The minimum Gasteiger partial charge on any atom is -0.350 e. The molecule has 0 aliphatic heterocycles. The molecule has 110 valence electrons. The van der Waals surface area contributed by atoms with Crippen molar-refractivity contribution in [1.82, 2.24) is 15.2 Å². The van der Waals surface area contributed by atoms with E-state index in [0.717, 1.165) is 17.9 Å². The lowest BCUT2D eigenvalue weighted by Gasteiger charge is -2.12. The highest BCUT2D eigenvalue weighted by molar-refractivity contribution is 5.56. The van der Waals surface area contributed by atoms with Crippen LogP contribution in [-0.4, -0.2) is 21.2 Å². The lowest BCUT2D eigenvalue weighted by molar-refractivity contribution is 0.738. The maximum absolute atomic E-state index is 4.48. The van der Waals surface area contributed by atoms with E-state index in [-0.39, 0.29) is 0 Å². The van der Waals surface area contributed by atoms with E-state index < -0.39 is 0 Å². The smallest absolute Gasteiger partial charge is 0.244 e. The largest absolute Gasteiger partial charge is 0.350 e. The third kappa shape index (κ3) is 3.68. The summed E-state index contributed by atoms with van der Waals surface area (Å²) in [5.41, 5.74) is 2.34. The summed E-state index contributed by atoms with van der Waals surface area (Å²) in [5, 5.41) is 14.7. The highest BCUT2D eigenvalue weighted by atomic mass is 15.3. The highest BCUT2D eigenvalue weighted by Crippen LogP contribution is 2.21. The van der Waals surface area contributed by atoms with Gasteiger partial charge in [-0.3, -0.25) is 0 Å². The molecule has 1 aliphatic carbocycles. The molecule has 1 heterocycles. The van der Waals surface area contributed by atoms with Crippen molar-refractivity contribution in [3.8, 4) is 0 Å². The maximum Gasteiger partial charge on any atom is 0.244 e. The second-order valence-corrected chi connectivity index (χ2v) is 5.47. The van der Waals surface area contributed by atoms with E-state index >= 15 is 0 Å². The van der Waals surface area contributed by atoms with Gasteiger partial charge in [0.05, 0.1) is 6.20 Å². The molecule has 5 nitrogen and oxygen atoms in total. The Hall–Kier alpha value is -2.17. The summed E-state index contributed by atoms with van der Waals surface area (Å²) in [4.78, 5) is 4.48. The molecular weight excluding hydrogens is 262 g/mol. The lowest BCUT2D eigenvalue weighted by atomic mass is 10.1. The van der Waals surface area contributed by atoms with Gasteiger partial charge in [-0.2, -0.15) is 10.1 Å². The number of hydrogen-bond acceptors (Lipinski definition) is 5. The molecule has 1 saturated carbocycles. The SMILES string of the molecule is CCc1ccc(Nc2cnnc(NC3CCCC3)n2)cc1. The van der Waals surface area contributed by atoms with E-state index in [9.17, 15) is 0 Å². The average Bonchev–Trinajstić information content (AvgIpc) is 3.01. The van der Waals surface area contributed by atoms with E-state index in [0.29, 0.717) is 12.0 Å². The number of hydrogen-bond donors (Lipinski definition) is 2. The molecular formula is C16H21N5. The molecule has 5 heteroatoms. The first kappa shape index (κ1) is 13.8. The van der Waals surface area contributed by atoms with Crippen LogP contribution in [0.4, 0.5) is 17.5 Å². The first-order chi connectivity index (χ1) is 10.3. The Morgan fingerprint density at radius 1 is 1.14 bits per heavy atom. The normalized spacial score (nSPS) is 15.1. The summed E-state index contributed by atoms with van der Waals surface area (Å²) < 4.78 is 0. The number of anilines is 3. The number of nitrogens with one attached hydrogen (secondary N) is 2. The molecule has 0 bridgehead atoms. The third-order valence-corrected chi connectivity index (χ3v) is 3.88. The fourth-order valence-corrected chi connectivity index (χ4v) is 2.65. The quantitative estimate of drug-likeness (QED) is 0.879. The molecule has 1 aliphatic rings. The van der Waals surface area contributed by atoms with Gasteiger partial charge in [-0.15, -0.1) is 5.10 Å². The van der Waals surface area contributed by atoms with Gasteiger partial charge in [0.2, 0.25) is 5.95 Å². The van der Waals surface area contributed by atoms with E-state index in [4.69, 9.17) is 0 Å². The molecule has 2 N–H and O–H groups in total. The van der Waals surface area contributed by atoms with Gasteiger partial charge in [0.1, 0.15) is 0 Å². The van der Waals surface area contributed by atoms with Crippen molar-refractivity contribution in [3.63, 3.8) is 0 Å². The standard InChI is InChI=1S/C16H21N5/c1-2-12-7-9-14(10-8-12)18-15-11-17-21-16(20-15)19-13-5-3-4-6-13/h7-11,13H,2-6H2,1H3,(H2,18,19,20,21). The van der Waals surface area contributed by atoms with E-state index in [1.807, 2.05) is 0 Å². The summed E-state index contributed by atoms with van der Waals surface area (Å²) in [5.74, 6) is 1.33. The van der Waals surface area contributed by atoms with E-state index in [2.05, 4.69) is 57.0 Å². The van der Waals surface area contributed by atoms with Crippen LogP contribution in [0, 0.1) is 0 Å². The van der Waals surface area contributed by atoms with Crippen molar-refractivity contribution in [2.24, 2.45) is 0 Å². The molecule has 1 fully saturated rings. The Morgan fingerprint density at radius 3 is 2.62 bits per heavy atom. The molecule has 0 radical (unpaired) electrons. The van der Waals surface area contributed by atoms with Crippen molar-refractivity contribution in [2.45, 2.75) is 45.1 Å². The van der Waals surface area contributed by atoms with Gasteiger partial charge in [-0.05, 0) is 37.0 Å². The van der Waals surface area contributed by atoms with Crippen LogP contribution < -0.4 is 10.6 Å². The van der Waals surface area contributed by atoms with Crippen molar-refractivity contribution in [3.05, 3.63) is 36.0 Å². The molecule has 0 saturated heterocycles. The summed E-state index contributed by atoms with van der Waals surface area (Å²) in [6.07, 6.45) is 7.65. The van der Waals surface area contributed by atoms with Crippen LogP contribution in [0.3, 0.4) is 0 Å². The molecule has 21 heavy (non-hydrogen) atoms. The molecule has 3 rings (SSSR count). The zero-order valence-corrected chi connectivity index (χ0v) is 12.3. The Labute approximate surface area is 125 Å². The minimum absolute atomic E-state index is 0.492.